The maximum absolute atomic E-state index is 11.6. The topological polar surface area (TPSA) is 108 Å². The lowest BCUT2D eigenvalue weighted by Gasteiger charge is -2.14. The molecule has 1 aliphatic heterocycles. The summed E-state index contributed by atoms with van der Waals surface area (Å²) in [5.41, 5.74) is 12.0. The summed E-state index contributed by atoms with van der Waals surface area (Å²) in [7, 11) is 0. The Hall–Kier alpha value is -3.55. The van der Waals surface area contributed by atoms with E-state index in [2.05, 4.69) is 27.9 Å². The van der Waals surface area contributed by atoms with Crippen molar-refractivity contribution in [1.82, 2.24) is 14.5 Å². The summed E-state index contributed by atoms with van der Waals surface area (Å²) < 4.78 is 13.9. The average molecular weight is 431 g/mol. The summed E-state index contributed by atoms with van der Waals surface area (Å²) in [5.74, 6) is 2.09. The molecule has 3 N–H and O–H groups in total. The predicted octanol–water partition coefficient (Wildman–Crippen LogP) is 4.16. The van der Waals surface area contributed by atoms with Crippen molar-refractivity contribution in [3.8, 4) is 17.1 Å². The molecular formula is C24H25N5O3. The number of nitrogens with one attached hydrogen (secondary N) is 1. The zero-order valence-corrected chi connectivity index (χ0v) is 17.9. The maximum Gasteiger partial charge on any atom is 0.292 e. The van der Waals surface area contributed by atoms with Gasteiger partial charge in [-0.05, 0) is 55.4 Å². The van der Waals surface area contributed by atoms with E-state index in [0.29, 0.717) is 12.5 Å². The van der Waals surface area contributed by atoms with Crippen LogP contribution in [0.2, 0.25) is 0 Å². The first kappa shape index (κ1) is 19.2. The molecule has 0 bridgehead atoms. The first-order valence-corrected chi connectivity index (χ1v) is 11.2. The van der Waals surface area contributed by atoms with Crippen LogP contribution in [0.3, 0.4) is 0 Å². The van der Waals surface area contributed by atoms with Crippen LogP contribution in [0.25, 0.3) is 33.5 Å². The molecule has 4 aromatic rings. The van der Waals surface area contributed by atoms with E-state index in [1.165, 1.54) is 0 Å². The van der Waals surface area contributed by atoms with Crippen molar-refractivity contribution in [1.29, 1.82) is 0 Å². The number of rotatable bonds is 6. The van der Waals surface area contributed by atoms with Crippen LogP contribution in [0, 0.1) is 5.92 Å². The maximum atomic E-state index is 11.6. The molecule has 0 spiro atoms. The van der Waals surface area contributed by atoms with Crippen LogP contribution in [-0.2, 0) is 17.8 Å². The quantitative estimate of drug-likeness (QED) is 0.441. The highest BCUT2D eigenvalue weighted by molar-refractivity contribution is 5.91. The number of anilines is 2. The predicted molar refractivity (Wildman–Crippen MR) is 123 cm³/mol. The van der Waals surface area contributed by atoms with Gasteiger partial charge in [0.05, 0.1) is 18.2 Å². The minimum Gasteiger partial charge on any atom is -0.491 e. The Balaban J connectivity index is 1.51. The number of ether oxygens (including phenoxy) is 1. The van der Waals surface area contributed by atoms with Gasteiger partial charge in [-0.3, -0.25) is 0 Å². The van der Waals surface area contributed by atoms with E-state index in [-0.39, 0.29) is 12.1 Å². The van der Waals surface area contributed by atoms with Crippen LogP contribution in [0.4, 0.5) is 11.7 Å². The fraction of sp³-hybridized carbons (Fsp3) is 0.375. The highest BCUT2D eigenvalue weighted by Gasteiger charge is 2.31. The van der Waals surface area contributed by atoms with Gasteiger partial charge in [0.1, 0.15) is 28.9 Å². The summed E-state index contributed by atoms with van der Waals surface area (Å²) in [5, 5.41) is 3.38. The second-order valence-corrected chi connectivity index (χ2v) is 8.66. The second kappa shape index (κ2) is 7.25. The Labute approximate surface area is 184 Å². The summed E-state index contributed by atoms with van der Waals surface area (Å²) in [6.07, 6.45) is 4.88. The minimum absolute atomic E-state index is 0.167. The Morgan fingerprint density at radius 2 is 2.12 bits per heavy atom. The first-order valence-electron chi connectivity index (χ1n) is 11.2. The van der Waals surface area contributed by atoms with Crippen molar-refractivity contribution in [2.24, 2.45) is 5.92 Å². The van der Waals surface area contributed by atoms with Crippen molar-refractivity contribution >= 4 is 40.1 Å². The lowest BCUT2D eigenvalue weighted by atomic mass is 10.1. The molecule has 6 rings (SSSR count). The van der Waals surface area contributed by atoms with Crippen LogP contribution in [0.5, 0.6) is 5.75 Å². The lowest BCUT2D eigenvalue weighted by molar-refractivity contribution is -0.108. The molecule has 3 heterocycles. The monoisotopic (exact) mass is 431 g/mol. The second-order valence-electron chi connectivity index (χ2n) is 8.66. The molecule has 2 aromatic heterocycles. The normalized spacial score (nSPS) is 16.7. The molecule has 0 saturated heterocycles. The summed E-state index contributed by atoms with van der Waals surface area (Å²) in [6, 6.07) is 8.11. The van der Waals surface area contributed by atoms with E-state index in [0.717, 1.165) is 89.0 Å². The van der Waals surface area contributed by atoms with Gasteiger partial charge < -0.3 is 29.6 Å². The molecule has 32 heavy (non-hydrogen) atoms. The Morgan fingerprint density at radius 1 is 1.25 bits per heavy atom. The summed E-state index contributed by atoms with van der Waals surface area (Å²) in [4.78, 5) is 20.9. The van der Waals surface area contributed by atoms with Crippen LogP contribution < -0.4 is 15.8 Å². The van der Waals surface area contributed by atoms with Crippen molar-refractivity contribution in [2.45, 2.75) is 45.2 Å². The molecule has 0 amide bonds. The van der Waals surface area contributed by atoms with Gasteiger partial charge in [-0.25, -0.2) is 4.98 Å². The zero-order valence-electron chi connectivity index (χ0n) is 17.9. The van der Waals surface area contributed by atoms with Gasteiger partial charge in [-0.1, -0.05) is 6.92 Å². The Bertz CT molecular complexity index is 1350. The number of carbonyl (C=O) groups is 1. The Morgan fingerprint density at radius 3 is 2.91 bits per heavy atom. The van der Waals surface area contributed by atoms with E-state index >= 15 is 0 Å². The number of hydrogen-bond acceptors (Lipinski definition) is 7. The highest BCUT2D eigenvalue weighted by atomic mass is 16.5. The van der Waals surface area contributed by atoms with Gasteiger partial charge >= 0.3 is 0 Å². The third-order valence-electron chi connectivity index (χ3n) is 6.42. The van der Waals surface area contributed by atoms with Crippen LogP contribution in [0.1, 0.15) is 31.7 Å². The number of carbonyl (C=O) groups excluding carboxylic acids is 1. The molecule has 2 aliphatic rings. The van der Waals surface area contributed by atoms with Gasteiger partial charge in [0.25, 0.3) is 6.01 Å². The van der Waals surface area contributed by atoms with Crippen LogP contribution in [-0.4, -0.2) is 33.5 Å². The number of nitrogens with two attached hydrogens (primary N) is 1. The third-order valence-corrected chi connectivity index (χ3v) is 6.42. The molecule has 1 aliphatic carbocycles. The average Bonchev–Trinajstić information content (AvgIpc) is 3.51. The molecule has 1 fully saturated rings. The standard InChI is InChI=1S/C24H25N5O3/c1-2-13-8-15(9-18-22(13)32-24(25)28-18)23-27-17-10-16(26-19(12-30)14-4-5-14)11-20-21(17)29(23)6-3-7-31-20/h8-12,14,19,26H,2-7H2,1H3,(H2,25,28)/t19-/m1/s1. The van der Waals surface area contributed by atoms with Gasteiger partial charge in [-0.15, -0.1) is 0 Å². The third kappa shape index (κ3) is 3.09. The molecule has 2 aromatic carbocycles. The number of imidazole rings is 1. The van der Waals surface area contributed by atoms with E-state index in [1.807, 2.05) is 18.2 Å². The smallest absolute Gasteiger partial charge is 0.292 e. The van der Waals surface area contributed by atoms with Crippen molar-refractivity contribution in [3.05, 3.63) is 29.8 Å². The number of nitrogen functional groups attached to an aromatic ring is 1. The van der Waals surface area contributed by atoms with E-state index in [4.69, 9.17) is 19.9 Å². The largest absolute Gasteiger partial charge is 0.491 e. The van der Waals surface area contributed by atoms with Crippen LogP contribution >= 0.6 is 0 Å². The molecule has 8 heteroatoms. The first-order chi connectivity index (χ1) is 15.6. The van der Waals surface area contributed by atoms with E-state index in [1.54, 1.807) is 0 Å². The molecular weight excluding hydrogens is 406 g/mol. The molecule has 1 saturated carbocycles. The number of hydrogen-bond donors (Lipinski definition) is 2. The van der Waals surface area contributed by atoms with Crippen molar-refractivity contribution < 1.29 is 13.9 Å². The fourth-order valence-corrected chi connectivity index (χ4v) is 4.69. The van der Waals surface area contributed by atoms with E-state index < -0.39 is 0 Å². The van der Waals surface area contributed by atoms with E-state index in [9.17, 15) is 4.79 Å². The van der Waals surface area contributed by atoms with Gasteiger partial charge in [0, 0.05) is 23.9 Å². The summed E-state index contributed by atoms with van der Waals surface area (Å²) in [6.45, 7) is 3.53. The lowest BCUT2D eigenvalue weighted by Crippen LogP contribution is -2.23. The van der Waals surface area contributed by atoms with Crippen molar-refractivity contribution in [3.63, 3.8) is 0 Å². The number of aromatic nitrogens is 3. The molecule has 0 radical (unpaired) electrons. The van der Waals surface area contributed by atoms with Crippen molar-refractivity contribution in [2.75, 3.05) is 17.7 Å². The minimum atomic E-state index is -0.167. The number of oxazole rings is 1. The highest BCUT2D eigenvalue weighted by Crippen LogP contribution is 2.39. The number of aryl methyl sites for hydroxylation is 2. The Kier molecular flexibility index (Phi) is 4.34. The van der Waals surface area contributed by atoms with Gasteiger partial charge in [-0.2, -0.15) is 4.98 Å². The molecule has 0 unspecified atom stereocenters. The number of nitrogens with zero attached hydrogens (tertiary/aromatic N) is 3. The number of benzene rings is 2. The zero-order chi connectivity index (χ0) is 21.8. The number of aldehydes is 1. The number of fused-ring (bicyclic) bond motifs is 1. The fourth-order valence-electron chi connectivity index (χ4n) is 4.69. The van der Waals surface area contributed by atoms with Crippen LogP contribution in [0.15, 0.2) is 28.7 Å². The SMILES string of the molecule is CCc1cc(-c2nc3cc(N[C@H](C=O)C4CC4)cc4c3n2CCCO4)cc2nc(N)oc12. The molecule has 1 atom stereocenters. The van der Waals surface area contributed by atoms with Gasteiger partial charge in [0.2, 0.25) is 0 Å². The van der Waals surface area contributed by atoms with Gasteiger partial charge in [0.15, 0.2) is 5.58 Å². The molecule has 164 valence electrons. The molecule has 8 nitrogen and oxygen atoms in total. The summed E-state index contributed by atoms with van der Waals surface area (Å²) >= 11 is 0.